The monoisotopic (exact) mass is 199 g/mol. The number of hydrogen-bond acceptors (Lipinski definition) is 5. The number of amides is 2. The van der Waals surface area contributed by atoms with Crippen molar-refractivity contribution in [3.63, 3.8) is 0 Å². The highest BCUT2D eigenvalue weighted by Gasteiger charge is 2.06. The Morgan fingerprint density at radius 1 is 1.64 bits per heavy atom. The van der Waals surface area contributed by atoms with Gasteiger partial charge in [0.05, 0.1) is 6.54 Å². The third-order valence-electron chi connectivity index (χ3n) is 1.26. The van der Waals surface area contributed by atoms with Gasteiger partial charge in [-0.2, -0.15) is 5.10 Å². The second-order valence-corrected chi connectivity index (χ2v) is 2.26. The lowest BCUT2D eigenvalue weighted by molar-refractivity contribution is 0.0927. The smallest absolute Gasteiger partial charge is 0.404 e. The highest BCUT2D eigenvalue weighted by Crippen LogP contribution is 1.83. The van der Waals surface area contributed by atoms with Gasteiger partial charge >= 0.3 is 6.09 Å². The van der Waals surface area contributed by atoms with Crippen molar-refractivity contribution in [3.8, 4) is 0 Å². The van der Waals surface area contributed by atoms with Crippen LogP contribution in [0.5, 0.6) is 0 Å². The van der Waals surface area contributed by atoms with Crippen molar-refractivity contribution in [1.29, 1.82) is 0 Å². The van der Waals surface area contributed by atoms with Crippen molar-refractivity contribution < 1.29 is 14.3 Å². The van der Waals surface area contributed by atoms with Gasteiger partial charge in [-0.15, -0.1) is 0 Å². The van der Waals surface area contributed by atoms with Gasteiger partial charge in [0.2, 0.25) is 5.82 Å². The van der Waals surface area contributed by atoms with Crippen molar-refractivity contribution in [1.82, 2.24) is 20.5 Å². The normalized spacial score (nSPS) is 9.43. The summed E-state index contributed by atoms with van der Waals surface area (Å²) in [6.45, 7) is 0.192. The van der Waals surface area contributed by atoms with Crippen molar-refractivity contribution >= 4 is 12.0 Å². The predicted octanol–water partition coefficient (Wildman–Crippen LogP) is -1.37. The number of aromatic amines is 1. The lowest BCUT2D eigenvalue weighted by Crippen LogP contribution is -2.29. The summed E-state index contributed by atoms with van der Waals surface area (Å²) < 4.78 is 4.39. The van der Waals surface area contributed by atoms with E-state index >= 15 is 0 Å². The Balaban J connectivity index is 2.19. The number of aromatic nitrogens is 3. The number of primary amides is 1. The van der Waals surface area contributed by atoms with Crippen molar-refractivity contribution in [2.24, 2.45) is 5.73 Å². The Bertz CT molecular complexity index is 309. The molecule has 0 saturated carbocycles. The maximum absolute atomic E-state index is 11.1. The Hall–Kier alpha value is -2.12. The molecule has 1 rings (SSSR count). The summed E-state index contributed by atoms with van der Waals surface area (Å²) in [6, 6.07) is 0. The topological polar surface area (TPSA) is 123 Å². The first-order valence-corrected chi connectivity index (χ1v) is 3.76. The van der Waals surface area contributed by atoms with Gasteiger partial charge < -0.3 is 15.8 Å². The van der Waals surface area contributed by atoms with Crippen LogP contribution in [0, 0.1) is 0 Å². The van der Waals surface area contributed by atoms with Gasteiger partial charge in [0.1, 0.15) is 12.9 Å². The molecule has 0 aliphatic carbocycles. The van der Waals surface area contributed by atoms with Gasteiger partial charge in [0.25, 0.3) is 5.91 Å². The quantitative estimate of drug-likeness (QED) is 0.516. The number of hydrogen-bond donors (Lipinski definition) is 3. The molecule has 0 spiro atoms. The van der Waals surface area contributed by atoms with E-state index in [0.717, 1.165) is 0 Å². The van der Waals surface area contributed by atoms with Crippen LogP contribution in [0.25, 0.3) is 0 Å². The molecule has 0 radical (unpaired) electrons. The van der Waals surface area contributed by atoms with E-state index in [1.54, 1.807) is 0 Å². The Kier molecular flexibility index (Phi) is 3.41. The third kappa shape index (κ3) is 3.09. The molecule has 8 nitrogen and oxygen atoms in total. The summed E-state index contributed by atoms with van der Waals surface area (Å²) >= 11 is 0. The number of nitrogens with zero attached hydrogens (tertiary/aromatic N) is 2. The fourth-order valence-corrected chi connectivity index (χ4v) is 0.715. The van der Waals surface area contributed by atoms with Crippen molar-refractivity contribution in [2.75, 3.05) is 13.2 Å². The molecule has 0 aromatic carbocycles. The first-order valence-electron chi connectivity index (χ1n) is 3.76. The highest BCUT2D eigenvalue weighted by molar-refractivity contribution is 5.90. The summed E-state index contributed by atoms with van der Waals surface area (Å²) in [4.78, 5) is 24.9. The molecular weight excluding hydrogens is 190 g/mol. The van der Waals surface area contributed by atoms with E-state index in [1.165, 1.54) is 6.33 Å². The van der Waals surface area contributed by atoms with Crippen LogP contribution in [0.2, 0.25) is 0 Å². The van der Waals surface area contributed by atoms with Gasteiger partial charge in [-0.25, -0.2) is 9.78 Å². The first kappa shape index (κ1) is 9.96. The zero-order valence-corrected chi connectivity index (χ0v) is 7.19. The fraction of sp³-hybridized carbons (Fsp3) is 0.333. The third-order valence-corrected chi connectivity index (χ3v) is 1.26. The number of nitrogens with two attached hydrogens (primary N) is 1. The molecule has 0 atom stereocenters. The molecule has 76 valence electrons. The lowest BCUT2D eigenvalue weighted by Gasteiger charge is -2.02. The van der Waals surface area contributed by atoms with Gasteiger partial charge in [0.15, 0.2) is 0 Å². The molecule has 14 heavy (non-hydrogen) atoms. The van der Waals surface area contributed by atoms with Crippen LogP contribution < -0.4 is 11.1 Å². The average Bonchev–Trinajstić information content (AvgIpc) is 2.64. The second kappa shape index (κ2) is 4.80. The minimum absolute atomic E-state index is 0.0230. The van der Waals surface area contributed by atoms with Crippen LogP contribution >= 0.6 is 0 Å². The molecule has 0 unspecified atom stereocenters. The van der Waals surface area contributed by atoms with E-state index in [-0.39, 0.29) is 19.0 Å². The number of carbonyl (C=O) groups excluding carboxylic acids is 2. The number of ether oxygens (including phenoxy) is 1. The highest BCUT2D eigenvalue weighted by atomic mass is 16.5. The Morgan fingerprint density at radius 3 is 3.00 bits per heavy atom. The molecule has 4 N–H and O–H groups in total. The number of rotatable bonds is 4. The summed E-state index contributed by atoms with van der Waals surface area (Å²) in [7, 11) is 0. The van der Waals surface area contributed by atoms with E-state index in [2.05, 4.69) is 25.2 Å². The molecule has 0 aliphatic heterocycles. The Labute approximate surface area is 78.8 Å². The maximum atomic E-state index is 11.1. The summed E-state index contributed by atoms with van der Waals surface area (Å²) in [6.07, 6.45) is 0.341. The fourth-order valence-electron chi connectivity index (χ4n) is 0.715. The van der Waals surface area contributed by atoms with E-state index in [4.69, 9.17) is 5.73 Å². The molecular formula is C6H9N5O3. The standard InChI is InChI=1S/C6H9N5O3/c7-6(13)14-2-1-8-5(12)4-9-3-10-11-4/h3H,1-2H2,(H2,7,13)(H,8,12)(H,9,10,11). The van der Waals surface area contributed by atoms with Crippen LogP contribution in [-0.2, 0) is 4.74 Å². The molecule has 8 heteroatoms. The van der Waals surface area contributed by atoms with E-state index in [0.29, 0.717) is 0 Å². The second-order valence-electron chi connectivity index (χ2n) is 2.26. The van der Waals surface area contributed by atoms with E-state index < -0.39 is 12.0 Å². The van der Waals surface area contributed by atoms with Gasteiger partial charge in [-0.1, -0.05) is 0 Å². The molecule has 1 heterocycles. The minimum atomic E-state index is -0.876. The first-order chi connectivity index (χ1) is 6.70. The summed E-state index contributed by atoms with van der Waals surface area (Å²) in [5, 5.41) is 8.31. The summed E-state index contributed by atoms with van der Waals surface area (Å²) in [5.74, 6) is -0.320. The van der Waals surface area contributed by atoms with Gasteiger partial charge in [0, 0.05) is 0 Å². The van der Waals surface area contributed by atoms with Crippen LogP contribution in [0.15, 0.2) is 6.33 Å². The molecule has 0 bridgehead atoms. The van der Waals surface area contributed by atoms with Gasteiger partial charge in [-0.05, 0) is 0 Å². The zero-order chi connectivity index (χ0) is 10.4. The molecule has 1 aromatic heterocycles. The average molecular weight is 199 g/mol. The molecule has 0 fully saturated rings. The van der Waals surface area contributed by atoms with Crippen molar-refractivity contribution in [2.45, 2.75) is 0 Å². The number of H-pyrrole nitrogens is 1. The predicted molar refractivity (Wildman–Crippen MR) is 44.3 cm³/mol. The van der Waals surface area contributed by atoms with Crippen molar-refractivity contribution in [3.05, 3.63) is 12.2 Å². The van der Waals surface area contributed by atoms with Crippen LogP contribution in [0.1, 0.15) is 10.6 Å². The number of nitrogens with one attached hydrogen (secondary N) is 2. The lowest BCUT2D eigenvalue weighted by atomic mass is 10.5. The van der Waals surface area contributed by atoms with Crippen LogP contribution in [0.4, 0.5) is 4.79 Å². The van der Waals surface area contributed by atoms with E-state index in [1.807, 2.05) is 0 Å². The molecule has 0 aliphatic rings. The zero-order valence-electron chi connectivity index (χ0n) is 7.19. The Morgan fingerprint density at radius 2 is 2.43 bits per heavy atom. The molecule has 0 saturated heterocycles. The van der Waals surface area contributed by atoms with Crippen LogP contribution in [0.3, 0.4) is 0 Å². The van der Waals surface area contributed by atoms with Crippen LogP contribution in [-0.4, -0.2) is 40.3 Å². The molecule has 2 amide bonds. The largest absolute Gasteiger partial charge is 0.448 e. The SMILES string of the molecule is NC(=O)OCCNC(=O)c1ncn[nH]1. The molecule has 1 aromatic rings. The van der Waals surface area contributed by atoms with Gasteiger partial charge in [-0.3, -0.25) is 9.89 Å². The number of carbonyl (C=O) groups is 2. The minimum Gasteiger partial charge on any atom is -0.448 e. The summed E-state index contributed by atoms with van der Waals surface area (Å²) in [5.41, 5.74) is 4.70. The van der Waals surface area contributed by atoms with E-state index in [9.17, 15) is 9.59 Å². The maximum Gasteiger partial charge on any atom is 0.404 e.